The fraction of sp³-hybridized carbons (Fsp3) is 0.750. The first-order valence-electron chi connectivity index (χ1n) is 4.08. The summed E-state index contributed by atoms with van der Waals surface area (Å²) in [6.45, 7) is 1.50. The van der Waals surface area contributed by atoms with E-state index < -0.39 is 0 Å². The SMILES string of the molecule is CC(=O)/C=N\NC1CCCC1. The first kappa shape index (κ1) is 8.24. The molecular weight excluding hydrogens is 140 g/mol. The predicted octanol–water partition coefficient (Wildman–Crippen LogP) is 1.09. The average Bonchev–Trinajstić information content (AvgIpc) is 2.39. The quantitative estimate of drug-likeness (QED) is 0.488. The second-order valence-electron chi connectivity index (χ2n) is 2.98. The van der Waals surface area contributed by atoms with Gasteiger partial charge in [-0.05, 0) is 12.8 Å². The smallest absolute Gasteiger partial charge is 0.172 e. The molecule has 1 N–H and O–H groups in total. The zero-order chi connectivity index (χ0) is 8.10. The maximum atomic E-state index is 10.4. The molecular formula is C8H14N2O. The van der Waals surface area contributed by atoms with Gasteiger partial charge in [-0.25, -0.2) is 0 Å². The molecule has 1 saturated carbocycles. The highest BCUT2D eigenvalue weighted by molar-refractivity contribution is 6.26. The molecule has 1 aliphatic carbocycles. The first-order chi connectivity index (χ1) is 5.29. The van der Waals surface area contributed by atoms with Crippen LogP contribution in [-0.2, 0) is 4.79 Å². The third kappa shape index (κ3) is 3.16. The third-order valence-electron chi connectivity index (χ3n) is 1.86. The van der Waals surface area contributed by atoms with Gasteiger partial charge >= 0.3 is 0 Å². The Labute approximate surface area is 66.9 Å². The van der Waals surface area contributed by atoms with Gasteiger partial charge in [0.1, 0.15) is 0 Å². The Morgan fingerprint density at radius 3 is 2.73 bits per heavy atom. The highest BCUT2D eigenvalue weighted by Crippen LogP contribution is 2.17. The normalized spacial score (nSPS) is 19.4. The van der Waals surface area contributed by atoms with Gasteiger partial charge < -0.3 is 5.43 Å². The zero-order valence-corrected chi connectivity index (χ0v) is 6.84. The average molecular weight is 154 g/mol. The lowest BCUT2D eigenvalue weighted by Gasteiger charge is -2.05. The lowest BCUT2D eigenvalue weighted by atomic mass is 10.3. The Morgan fingerprint density at radius 1 is 1.55 bits per heavy atom. The summed E-state index contributed by atoms with van der Waals surface area (Å²) in [6, 6.07) is 0.505. The van der Waals surface area contributed by atoms with Gasteiger partial charge in [0.25, 0.3) is 0 Å². The molecule has 11 heavy (non-hydrogen) atoms. The highest BCUT2D eigenvalue weighted by Gasteiger charge is 2.12. The number of Topliss-reactive ketones (excluding diaryl/α,β-unsaturated/α-hetero) is 1. The summed E-state index contributed by atoms with van der Waals surface area (Å²) >= 11 is 0. The van der Waals surface area contributed by atoms with Crippen molar-refractivity contribution in [2.75, 3.05) is 0 Å². The lowest BCUT2D eigenvalue weighted by molar-refractivity contribution is -0.110. The summed E-state index contributed by atoms with van der Waals surface area (Å²) in [5.41, 5.74) is 2.96. The zero-order valence-electron chi connectivity index (χ0n) is 6.84. The number of carbonyl (C=O) groups excluding carboxylic acids is 1. The number of ketones is 1. The summed E-state index contributed by atoms with van der Waals surface area (Å²) in [6.07, 6.45) is 6.28. The summed E-state index contributed by atoms with van der Waals surface area (Å²) in [4.78, 5) is 10.4. The summed E-state index contributed by atoms with van der Waals surface area (Å²) < 4.78 is 0. The monoisotopic (exact) mass is 154 g/mol. The Morgan fingerprint density at radius 2 is 2.18 bits per heavy atom. The summed E-state index contributed by atoms with van der Waals surface area (Å²) in [5.74, 6) is -0.00417. The molecule has 0 aromatic rings. The molecule has 62 valence electrons. The van der Waals surface area contributed by atoms with Crippen LogP contribution >= 0.6 is 0 Å². The standard InChI is InChI=1S/C8H14N2O/c1-7(11)6-9-10-8-4-2-3-5-8/h6,8,10H,2-5H2,1H3/b9-6-. The van der Waals surface area contributed by atoms with Crippen LogP contribution in [0.2, 0.25) is 0 Å². The number of nitrogens with one attached hydrogen (secondary N) is 1. The number of nitrogens with zero attached hydrogens (tertiary/aromatic N) is 1. The Kier molecular flexibility index (Phi) is 3.08. The van der Waals surface area contributed by atoms with Gasteiger partial charge in [-0.15, -0.1) is 0 Å². The summed E-state index contributed by atoms with van der Waals surface area (Å²) in [7, 11) is 0. The van der Waals surface area contributed by atoms with E-state index in [4.69, 9.17) is 0 Å². The fourth-order valence-corrected chi connectivity index (χ4v) is 1.29. The van der Waals surface area contributed by atoms with E-state index in [1.165, 1.54) is 38.8 Å². The largest absolute Gasteiger partial charge is 0.307 e. The van der Waals surface area contributed by atoms with Gasteiger partial charge in [0.05, 0.1) is 6.21 Å². The second-order valence-corrected chi connectivity index (χ2v) is 2.98. The van der Waals surface area contributed by atoms with Crippen LogP contribution < -0.4 is 5.43 Å². The minimum absolute atomic E-state index is 0.00417. The van der Waals surface area contributed by atoms with E-state index >= 15 is 0 Å². The van der Waals surface area contributed by atoms with Crippen LogP contribution in [0.4, 0.5) is 0 Å². The molecule has 0 spiro atoms. The molecule has 0 atom stereocenters. The molecule has 0 bridgehead atoms. The minimum atomic E-state index is -0.00417. The van der Waals surface area contributed by atoms with Crippen LogP contribution in [0, 0.1) is 0 Å². The van der Waals surface area contributed by atoms with Gasteiger partial charge in [-0.1, -0.05) is 12.8 Å². The van der Waals surface area contributed by atoms with Crippen LogP contribution in [0.1, 0.15) is 32.6 Å². The van der Waals surface area contributed by atoms with Crippen LogP contribution in [0.5, 0.6) is 0 Å². The van der Waals surface area contributed by atoms with E-state index in [1.54, 1.807) is 0 Å². The molecule has 1 aliphatic rings. The van der Waals surface area contributed by atoms with E-state index in [9.17, 15) is 4.79 Å². The molecule has 3 heteroatoms. The van der Waals surface area contributed by atoms with Crippen molar-refractivity contribution in [3.05, 3.63) is 0 Å². The van der Waals surface area contributed by atoms with Crippen LogP contribution in [0.15, 0.2) is 5.10 Å². The van der Waals surface area contributed by atoms with E-state index in [-0.39, 0.29) is 5.78 Å². The van der Waals surface area contributed by atoms with Crippen molar-refractivity contribution in [2.24, 2.45) is 5.10 Å². The van der Waals surface area contributed by atoms with Crippen molar-refractivity contribution in [2.45, 2.75) is 38.6 Å². The first-order valence-corrected chi connectivity index (χ1v) is 4.08. The molecule has 0 unspecified atom stereocenters. The van der Waals surface area contributed by atoms with Gasteiger partial charge in [0.2, 0.25) is 0 Å². The van der Waals surface area contributed by atoms with Gasteiger partial charge in [0, 0.05) is 13.0 Å². The topological polar surface area (TPSA) is 41.5 Å². The number of hydrogen-bond donors (Lipinski definition) is 1. The minimum Gasteiger partial charge on any atom is -0.307 e. The van der Waals surface area contributed by atoms with Crippen molar-refractivity contribution in [3.63, 3.8) is 0 Å². The maximum absolute atomic E-state index is 10.4. The summed E-state index contributed by atoms with van der Waals surface area (Å²) in [5, 5.41) is 3.83. The fourth-order valence-electron chi connectivity index (χ4n) is 1.29. The number of hydrazone groups is 1. The lowest BCUT2D eigenvalue weighted by Crippen LogP contribution is -2.20. The molecule has 1 fully saturated rings. The van der Waals surface area contributed by atoms with E-state index in [0.29, 0.717) is 6.04 Å². The van der Waals surface area contributed by atoms with Crippen molar-refractivity contribution >= 4 is 12.0 Å². The van der Waals surface area contributed by atoms with Gasteiger partial charge in [0.15, 0.2) is 5.78 Å². The van der Waals surface area contributed by atoms with Crippen LogP contribution in [-0.4, -0.2) is 18.0 Å². The Balaban J connectivity index is 2.15. The molecule has 0 amide bonds. The van der Waals surface area contributed by atoms with E-state index in [1.807, 2.05) is 0 Å². The second kappa shape index (κ2) is 4.11. The van der Waals surface area contributed by atoms with Crippen molar-refractivity contribution in [1.82, 2.24) is 5.43 Å². The molecule has 0 aliphatic heterocycles. The van der Waals surface area contributed by atoms with E-state index in [2.05, 4.69) is 10.5 Å². The number of rotatable bonds is 3. The molecule has 0 saturated heterocycles. The third-order valence-corrected chi connectivity index (χ3v) is 1.86. The van der Waals surface area contributed by atoms with Gasteiger partial charge in [-0.2, -0.15) is 5.10 Å². The predicted molar refractivity (Wildman–Crippen MR) is 44.6 cm³/mol. The van der Waals surface area contributed by atoms with Crippen LogP contribution in [0.3, 0.4) is 0 Å². The van der Waals surface area contributed by atoms with Crippen LogP contribution in [0.25, 0.3) is 0 Å². The Bertz CT molecular complexity index is 159. The Hall–Kier alpha value is -0.860. The molecule has 0 aromatic carbocycles. The molecule has 0 radical (unpaired) electrons. The van der Waals surface area contributed by atoms with Crippen molar-refractivity contribution < 1.29 is 4.79 Å². The maximum Gasteiger partial charge on any atom is 0.172 e. The molecule has 0 aromatic heterocycles. The highest BCUT2D eigenvalue weighted by atomic mass is 16.1. The number of carbonyl (C=O) groups is 1. The van der Waals surface area contributed by atoms with Gasteiger partial charge in [-0.3, -0.25) is 4.79 Å². The number of hydrogen-bond acceptors (Lipinski definition) is 3. The molecule has 3 nitrogen and oxygen atoms in total. The molecule has 0 heterocycles. The van der Waals surface area contributed by atoms with E-state index in [0.717, 1.165) is 0 Å². The molecule has 1 rings (SSSR count). The van der Waals surface area contributed by atoms with Crippen molar-refractivity contribution in [3.8, 4) is 0 Å². The van der Waals surface area contributed by atoms with Crippen molar-refractivity contribution in [1.29, 1.82) is 0 Å².